The number of carbonyl (C=O) groups is 4. The van der Waals surface area contributed by atoms with Crippen LogP contribution < -0.4 is 22.1 Å². The molecular weight excluding hydrogens is 500 g/mol. The zero-order chi connectivity index (χ0) is 29.5. The minimum Gasteiger partial charge on any atom is -0.467 e. The SMILES string of the molecule is CC[C@H](CC(=O)[C@@H](NC(=O)[C@@H](N)CCCNC(N)=NC)C(C)C)C(=O)N(C)[C@@H](Cc1ccccc1)C(=O)OC. The predicted octanol–water partition coefficient (Wildman–Crippen LogP) is 0.997. The molecule has 0 saturated carbocycles. The van der Waals surface area contributed by atoms with E-state index in [9.17, 15) is 19.2 Å². The van der Waals surface area contributed by atoms with Crippen molar-refractivity contribution in [3.05, 3.63) is 35.9 Å². The number of methoxy groups -OCH3 is 1. The number of amides is 2. The zero-order valence-electron chi connectivity index (χ0n) is 24.1. The smallest absolute Gasteiger partial charge is 0.328 e. The molecule has 1 aromatic rings. The van der Waals surface area contributed by atoms with Crippen LogP contribution in [0.2, 0.25) is 0 Å². The van der Waals surface area contributed by atoms with Crippen LogP contribution in [-0.4, -0.2) is 80.3 Å². The summed E-state index contributed by atoms with van der Waals surface area (Å²) >= 11 is 0. The first-order valence-electron chi connectivity index (χ1n) is 13.4. The molecule has 0 fully saturated rings. The highest BCUT2D eigenvalue weighted by Gasteiger charge is 2.34. The van der Waals surface area contributed by atoms with Crippen molar-refractivity contribution in [2.75, 3.05) is 27.7 Å². The number of hydrogen-bond acceptors (Lipinski definition) is 7. The number of carbonyl (C=O) groups excluding carboxylic acids is 4. The number of likely N-dealkylation sites (N-methyl/N-ethyl adjacent to an activating group) is 1. The highest BCUT2D eigenvalue weighted by molar-refractivity contribution is 5.94. The van der Waals surface area contributed by atoms with E-state index >= 15 is 0 Å². The number of hydrogen-bond donors (Lipinski definition) is 4. The quantitative estimate of drug-likeness (QED) is 0.103. The van der Waals surface area contributed by atoms with Crippen molar-refractivity contribution in [3.63, 3.8) is 0 Å². The molecule has 4 atom stereocenters. The lowest BCUT2D eigenvalue weighted by Gasteiger charge is -2.30. The van der Waals surface area contributed by atoms with E-state index in [4.69, 9.17) is 16.2 Å². The monoisotopic (exact) mass is 546 g/mol. The molecule has 218 valence electrons. The van der Waals surface area contributed by atoms with Crippen LogP contribution in [0.4, 0.5) is 0 Å². The van der Waals surface area contributed by atoms with E-state index in [-0.39, 0.29) is 30.4 Å². The van der Waals surface area contributed by atoms with Crippen LogP contribution in [0.15, 0.2) is 35.3 Å². The summed E-state index contributed by atoms with van der Waals surface area (Å²) in [6.07, 6.45) is 1.59. The van der Waals surface area contributed by atoms with Crippen molar-refractivity contribution >= 4 is 29.5 Å². The lowest BCUT2D eigenvalue weighted by molar-refractivity contribution is -0.153. The molecule has 0 radical (unpaired) electrons. The molecule has 0 bridgehead atoms. The number of ether oxygens (including phenoxy) is 1. The van der Waals surface area contributed by atoms with Gasteiger partial charge in [-0.25, -0.2) is 4.79 Å². The summed E-state index contributed by atoms with van der Waals surface area (Å²) in [6.45, 7) is 5.98. The maximum Gasteiger partial charge on any atom is 0.328 e. The fourth-order valence-corrected chi connectivity index (χ4v) is 4.20. The molecule has 0 unspecified atom stereocenters. The van der Waals surface area contributed by atoms with Gasteiger partial charge in [0.2, 0.25) is 11.8 Å². The van der Waals surface area contributed by atoms with Gasteiger partial charge in [-0.3, -0.25) is 19.4 Å². The zero-order valence-corrected chi connectivity index (χ0v) is 24.1. The van der Waals surface area contributed by atoms with Gasteiger partial charge in [0.25, 0.3) is 0 Å². The number of Topliss-reactive ketones (excluding diaryl/α,β-unsaturated/α-hetero) is 1. The molecule has 6 N–H and O–H groups in total. The summed E-state index contributed by atoms with van der Waals surface area (Å²) in [5, 5.41) is 5.68. The summed E-state index contributed by atoms with van der Waals surface area (Å²) in [5.74, 6) is -2.10. The Balaban J connectivity index is 2.87. The third kappa shape index (κ3) is 11.0. The van der Waals surface area contributed by atoms with E-state index in [1.165, 1.54) is 12.0 Å². The first-order chi connectivity index (χ1) is 18.5. The number of guanidine groups is 1. The van der Waals surface area contributed by atoms with Crippen LogP contribution in [0.5, 0.6) is 0 Å². The average molecular weight is 547 g/mol. The maximum atomic E-state index is 13.4. The number of nitrogens with one attached hydrogen (secondary N) is 2. The van der Waals surface area contributed by atoms with Crippen LogP contribution in [0, 0.1) is 11.8 Å². The van der Waals surface area contributed by atoms with Gasteiger partial charge >= 0.3 is 5.97 Å². The molecule has 11 nitrogen and oxygen atoms in total. The molecule has 0 aliphatic rings. The van der Waals surface area contributed by atoms with Gasteiger partial charge < -0.3 is 31.7 Å². The third-order valence-corrected chi connectivity index (χ3v) is 6.74. The Bertz CT molecular complexity index is 968. The largest absolute Gasteiger partial charge is 0.467 e. The Labute approximate surface area is 232 Å². The first kappa shape index (κ1) is 33.6. The Hall–Kier alpha value is -3.47. The van der Waals surface area contributed by atoms with Gasteiger partial charge in [-0.15, -0.1) is 0 Å². The molecule has 2 amide bonds. The van der Waals surface area contributed by atoms with Crippen molar-refractivity contribution in [3.8, 4) is 0 Å². The van der Waals surface area contributed by atoms with Crippen molar-refractivity contribution in [1.82, 2.24) is 15.5 Å². The second-order valence-corrected chi connectivity index (χ2v) is 9.97. The fourth-order valence-electron chi connectivity index (χ4n) is 4.20. The molecule has 0 aromatic heterocycles. The highest BCUT2D eigenvalue weighted by Crippen LogP contribution is 2.19. The van der Waals surface area contributed by atoms with E-state index in [1.807, 2.05) is 51.1 Å². The summed E-state index contributed by atoms with van der Waals surface area (Å²) < 4.78 is 4.96. The van der Waals surface area contributed by atoms with Crippen LogP contribution in [0.25, 0.3) is 0 Å². The minimum absolute atomic E-state index is 0.0726. The van der Waals surface area contributed by atoms with Gasteiger partial charge in [-0.05, 0) is 30.7 Å². The van der Waals surface area contributed by atoms with Gasteiger partial charge in [0.15, 0.2) is 11.7 Å². The summed E-state index contributed by atoms with van der Waals surface area (Å²) in [4.78, 5) is 57.2. The topological polar surface area (TPSA) is 169 Å². The van der Waals surface area contributed by atoms with Gasteiger partial charge in [0.1, 0.15) is 6.04 Å². The number of nitrogens with zero attached hydrogens (tertiary/aromatic N) is 2. The summed E-state index contributed by atoms with van der Waals surface area (Å²) in [6, 6.07) is 6.92. The van der Waals surface area contributed by atoms with Gasteiger partial charge in [-0.1, -0.05) is 51.1 Å². The van der Waals surface area contributed by atoms with Crippen molar-refractivity contribution in [2.24, 2.45) is 28.3 Å². The molecule has 11 heteroatoms. The molecule has 0 spiro atoms. The first-order valence-corrected chi connectivity index (χ1v) is 13.4. The second kappa shape index (κ2) is 17.2. The normalized spacial score (nSPS) is 14.6. The molecule has 1 rings (SSSR count). The summed E-state index contributed by atoms with van der Waals surface area (Å²) in [5.41, 5.74) is 12.5. The lowest BCUT2D eigenvalue weighted by Crippen LogP contribution is -2.52. The van der Waals surface area contributed by atoms with Crippen molar-refractivity contribution < 1.29 is 23.9 Å². The number of nitrogens with two attached hydrogens (primary N) is 2. The molecule has 0 heterocycles. The van der Waals surface area contributed by atoms with Crippen molar-refractivity contribution in [2.45, 2.75) is 71.0 Å². The Morgan fingerprint density at radius 2 is 1.77 bits per heavy atom. The van der Waals surface area contributed by atoms with E-state index in [0.29, 0.717) is 31.8 Å². The Morgan fingerprint density at radius 1 is 1.13 bits per heavy atom. The van der Waals surface area contributed by atoms with E-state index in [1.54, 1.807) is 14.1 Å². The highest BCUT2D eigenvalue weighted by atomic mass is 16.5. The number of esters is 1. The van der Waals surface area contributed by atoms with Gasteiger partial charge in [-0.2, -0.15) is 0 Å². The number of aliphatic imine (C=N–C) groups is 1. The minimum atomic E-state index is -0.832. The Morgan fingerprint density at radius 3 is 2.31 bits per heavy atom. The van der Waals surface area contributed by atoms with E-state index in [0.717, 1.165) is 5.56 Å². The average Bonchev–Trinajstić information content (AvgIpc) is 2.93. The Kier molecular flexibility index (Phi) is 14.8. The molecular formula is C28H46N6O5. The number of rotatable bonds is 16. The van der Waals surface area contributed by atoms with Crippen LogP contribution >= 0.6 is 0 Å². The van der Waals surface area contributed by atoms with Gasteiger partial charge in [0.05, 0.1) is 19.2 Å². The number of ketones is 1. The van der Waals surface area contributed by atoms with E-state index < -0.39 is 35.9 Å². The van der Waals surface area contributed by atoms with Crippen LogP contribution in [0.3, 0.4) is 0 Å². The van der Waals surface area contributed by atoms with E-state index in [2.05, 4.69) is 15.6 Å². The molecule has 0 saturated heterocycles. The standard InChI is InChI=1S/C28H46N6O5/c1-7-20(26(37)34(5)22(27(38)39-6)16-19-12-9-8-10-13-19)17-23(35)24(18(2)3)33-25(36)21(29)14-11-15-32-28(30)31-4/h8-10,12-13,18,20-22,24H,7,11,14-17,29H2,1-6H3,(H,33,36)(H3,30,31,32)/t20-,21+,22+,24+/m1/s1. The molecule has 39 heavy (non-hydrogen) atoms. The molecule has 0 aliphatic heterocycles. The van der Waals surface area contributed by atoms with Crippen molar-refractivity contribution in [1.29, 1.82) is 0 Å². The number of benzene rings is 1. The van der Waals surface area contributed by atoms with Crippen LogP contribution in [-0.2, 0) is 30.3 Å². The molecule has 1 aromatic carbocycles. The molecule has 0 aliphatic carbocycles. The lowest BCUT2D eigenvalue weighted by atomic mass is 9.89. The third-order valence-electron chi connectivity index (χ3n) is 6.74. The fraction of sp³-hybridized carbons (Fsp3) is 0.607. The predicted molar refractivity (Wildman–Crippen MR) is 152 cm³/mol. The summed E-state index contributed by atoms with van der Waals surface area (Å²) in [7, 11) is 4.41. The van der Waals surface area contributed by atoms with Crippen LogP contribution in [0.1, 0.15) is 52.0 Å². The maximum absolute atomic E-state index is 13.4. The van der Waals surface area contributed by atoms with Gasteiger partial charge in [0, 0.05) is 39.4 Å². The second-order valence-electron chi connectivity index (χ2n) is 9.97.